The van der Waals surface area contributed by atoms with Gasteiger partial charge < -0.3 is 15.2 Å². The molecule has 0 spiro atoms. The molecule has 1 fully saturated rings. The van der Waals surface area contributed by atoms with Crippen LogP contribution in [0.25, 0.3) is 0 Å². The third kappa shape index (κ3) is 1.68. The summed E-state index contributed by atoms with van der Waals surface area (Å²) in [4.78, 5) is 10.2. The zero-order valence-corrected chi connectivity index (χ0v) is 5.22. The fourth-order valence-corrected chi connectivity index (χ4v) is 1.05. The van der Waals surface area contributed by atoms with Gasteiger partial charge in [0.25, 0.3) is 0 Å². The first-order chi connectivity index (χ1) is 4.30. The lowest BCUT2D eigenvalue weighted by Gasteiger charge is -2.23. The number of carboxylic acid groups (broad SMARTS) is 1. The van der Waals surface area contributed by atoms with Gasteiger partial charge in [0, 0.05) is 6.04 Å². The van der Waals surface area contributed by atoms with Gasteiger partial charge in [-0.05, 0) is 19.4 Å². The highest BCUT2D eigenvalue weighted by Gasteiger charge is 2.11. The number of hydrogen-bond acceptors (Lipinski definition) is 3. The Bertz CT molecular complexity index is 108. The van der Waals surface area contributed by atoms with Crippen molar-refractivity contribution in [2.45, 2.75) is 25.3 Å². The Hall–Kier alpha value is -0.570. The molecule has 1 rings (SSSR count). The summed E-state index contributed by atoms with van der Waals surface area (Å²) >= 11 is 0. The minimum atomic E-state index is -0.963. The number of hydrogen-bond donors (Lipinski definition) is 1. The standard InChI is InChI=1S/C6H11NO2/c8-6(9)5-3-1-2-4-7-5/h5,7H,1-4H2,(H,8,9)/p-1/t5-/m0/s1. The first-order valence-electron chi connectivity index (χ1n) is 3.25. The van der Waals surface area contributed by atoms with E-state index in [2.05, 4.69) is 5.32 Å². The van der Waals surface area contributed by atoms with E-state index >= 15 is 0 Å². The summed E-state index contributed by atoms with van der Waals surface area (Å²) in [5, 5.41) is 13.0. The van der Waals surface area contributed by atoms with Crippen molar-refractivity contribution in [1.82, 2.24) is 5.32 Å². The van der Waals surface area contributed by atoms with E-state index in [0.29, 0.717) is 0 Å². The molecule has 1 saturated heterocycles. The van der Waals surface area contributed by atoms with E-state index < -0.39 is 12.0 Å². The van der Waals surface area contributed by atoms with Crippen LogP contribution in [0.3, 0.4) is 0 Å². The number of carbonyl (C=O) groups is 1. The summed E-state index contributed by atoms with van der Waals surface area (Å²) in [7, 11) is 0. The molecule has 0 amide bonds. The molecule has 3 nitrogen and oxygen atoms in total. The van der Waals surface area contributed by atoms with Gasteiger partial charge in [-0.15, -0.1) is 0 Å². The number of carbonyl (C=O) groups excluding carboxylic acids is 1. The van der Waals surface area contributed by atoms with Crippen LogP contribution in [-0.2, 0) is 4.79 Å². The second-order valence-corrected chi connectivity index (χ2v) is 2.32. The van der Waals surface area contributed by atoms with Crippen LogP contribution >= 0.6 is 0 Å². The van der Waals surface area contributed by atoms with Gasteiger partial charge in [-0.3, -0.25) is 0 Å². The van der Waals surface area contributed by atoms with E-state index in [9.17, 15) is 9.90 Å². The van der Waals surface area contributed by atoms with Crippen molar-refractivity contribution in [3.63, 3.8) is 0 Å². The van der Waals surface area contributed by atoms with E-state index in [1.165, 1.54) is 0 Å². The highest BCUT2D eigenvalue weighted by molar-refractivity contribution is 5.71. The Labute approximate surface area is 54.1 Å². The molecule has 0 aromatic rings. The minimum absolute atomic E-state index is 0.390. The molecule has 1 heterocycles. The molecule has 3 heteroatoms. The van der Waals surface area contributed by atoms with Crippen molar-refractivity contribution in [2.75, 3.05) is 6.54 Å². The molecule has 1 atom stereocenters. The third-order valence-corrected chi connectivity index (χ3v) is 1.59. The van der Waals surface area contributed by atoms with Crippen molar-refractivity contribution in [2.24, 2.45) is 0 Å². The highest BCUT2D eigenvalue weighted by Crippen LogP contribution is 2.05. The summed E-state index contributed by atoms with van der Waals surface area (Å²) < 4.78 is 0. The molecule has 0 aromatic heterocycles. The van der Waals surface area contributed by atoms with Crippen molar-refractivity contribution in [3.05, 3.63) is 0 Å². The normalized spacial score (nSPS) is 27.8. The molecule has 1 N–H and O–H groups in total. The third-order valence-electron chi connectivity index (χ3n) is 1.59. The number of aliphatic carboxylic acids is 1. The van der Waals surface area contributed by atoms with Gasteiger partial charge in [-0.25, -0.2) is 0 Å². The van der Waals surface area contributed by atoms with Crippen LogP contribution in [0, 0.1) is 0 Å². The summed E-state index contributed by atoms with van der Waals surface area (Å²) in [5.41, 5.74) is 0. The Morgan fingerprint density at radius 3 is 2.67 bits per heavy atom. The highest BCUT2D eigenvalue weighted by atomic mass is 16.4. The van der Waals surface area contributed by atoms with Gasteiger partial charge in [0.05, 0.1) is 5.97 Å². The van der Waals surface area contributed by atoms with E-state index in [1.807, 2.05) is 0 Å². The van der Waals surface area contributed by atoms with Crippen LogP contribution in [0.2, 0.25) is 0 Å². The first kappa shape index (κ1) is 6.55. The Balaban J connectivity index is 2.31. The van der Waals surface area contributed by atoms with Gasteiger partial charge in [0.15, 0.2) is 0 Å². The summed E-state index contributed by atoms with van der Waals surface area (Å²) in [6.45, 7) is 0.818. The maximum absolute atomic E-state index is 10.2. The van der Waals surface area contributed by atoms with E-state index in [4.69, 9.17) is 0 Å². The summed E-state index contributed by atoms with van der Waals surface area (Å²) in [6, 6.07) is -0.390. The lowest BCUT2D eigenvalue weighted by atomic mass is 10.1. The molecular formula is C6H10NO2-. The smallest absolute Gasteiger partial charge is 0.0584 e. The zero-order chi connectivity index (χ0) is 6.69. The van der Waals surface area contributed by atoms with Gasteiger partial charge in [0.1, 0.15) is 0 Å². The van der Waals surface area contributed by atoms with Crippen molar-refractivity contribution in [1.29, 1.82) is 0 Å². The molecule has 0 saturated carbocycles. The molecule has 9 heavy (non-hydrogen) atoms. The SMILES string of the molecule is O=C([O-])[C@@H]1CCCCN1. The molecule has 0 aromatic carbocycles. The average molecular weight is 128 g/mol. The Morgan fingerprint density at radius 1 is 1.56 bits per heavy atom. The maximum Gasteiger partial charge on any atom is 0.0584 e. The maximum atomic E-state index is 10.2. The van der Waals surface area contributed by atoms with Crippen LogP contribution < -0.4 is 10.4 Å². The minimum Gasteiger partial charge on any atom is -0.548 e. The molecular weight excluding hydrogens is 118 g/mol. The second kappa shape index (κ2) is 2.82. The van der Waals surface area contributed by atoms with Crippen LogP contribution in [0.4, 0.5) is 0 Å². The van der Waals surface area contributed by atoms with Crippen molar-refractivity contribution >= 4 is 5.97 Å². The number of nitrogens with one attached hydrogen (secondary N) is 1. The van der Waals surface area contributed by atoms with Crippen LogP contribution in [0.5, 0.6) is 0 Å². The fourth-order valence-electron chi connectivity index (χ4n) is 1.05. The van der Waals surface area contributed by atoms with Crippen LogP contribution in [-0.4, -0.2) is 18.6 Å². The van der Waals surface area contributed by atoms with Crippen LogP contribution in [0.1, 0.15) is 19.3 Å². The predicted octanol–water partition coefficient (Wildman–Crippen LogP) is -1.12. The lowest BCUT2D eigenvalue weighted by Crippen LogP contribution is -2.47. The van der Waals surface area contributed by atoms with Crippen molar-refractivity contribution in [3.8, 4) is 0 Å². The predicted molar refractivity (Wildman–Crippen MR) is 30.6 cm³/mol. The topological polar surface area (TPSA) is 52.2 Å². The zero-order valence-electron chi connectivity index (χ0n) is 5.22. The fraction of sp³-hybridized carbons (Fsp3) is 0.833. The molecule has 0 bridgehead atoms. The second-order valence-electron chi connectivity index (χ2n) is 2.32. The van der Waals surface area contributed by atoms with Gasteiger partial charge in [0.2, 0.25) is 0 Å². The lowest BCUT2D eigenvalue weighted by molar-refractivity contribution is -0.308. The number of piperidine rings is 1. The summed E-state index contributed by atoms with van der Waals surface area (Å²) in [6.07, 6.45) is 2.82. The van der Waals surface area contributed by atoms with E-state index in [0.717, 1.165) is 25.8 Å². The molecule has 0 aliphatic carbocycles. The molecule has 0 unspecified atom stereocenters. The van der Waals surface area contributed by atoms with Crippen molar-refractivity contribution < 1.29 is 9.90 Å². The van der Waals surface area contributed by atoms with Gasteiger partial charge >= 0.3 is 0 Å². The Morgan fingerprint density at radius 2 is 2.33 bits per heavy atom. The van der Waals surface area contributed by atoms with Gasteiger partial charge in [-0.1, -0.05) is 6.42 Å². The van der Waals surface area contributed by atoms with Crippen LogP contribution in [0.15, 0.2) is 0 Å². The van der Waals surface area contributed by atoms with E-state index in [-0.39, 0.29) is 0 Å². The molecule has 1 aliphatic rings. The monoisotopic (exact) mass is 128 g/mol. The quantitative estimate of drug-likeness (QED) is 0.486. The molecule has 52 valence electrons. The number of carboxylic acids is 1. The summed E-state index contributed by atoms with van der Waals surface area (Å²) in [5.74, 6) is -0.963. The molecule has 0 radical (unpaired) electrons. The Kier molecular flexibility index (Phi) is 2.05. The number of rotatable bonds is 1. The largest absolute Gasteiger partial charge is 0.548 e. The average Bonchev–Trinajstić information content (AvgIpc) is 1.90. The first-order valence-corrected chi connectivity index (χ1v) is 3.25. The van der Waals surface area contributed by atoms with E-state index in [1.54, 1.807) is 0 Å². The molecule has 1 aliphatic heterocycles. The van der Waals surface area contributed by atoms with Gasteiger partial charge in [-0.2, -0.15) is 0 Å².